The Hall–Kier alpha value is -2.10. The van der Waals surface area contributed by atoms with Gasteiger partial charge in [0.15, 0.2) is 0 Å². The fourth-order valence-corrected chi connectivity index (χ4v) is 8.52. The Balaban J connectivity index is 1.38. The minimum Gasteiger partial charge on any atom is -0.462 e. The number of carbonyl (C=O) groups excluding carboxylic acids is 2. The molecule has 0 heterocycles. The lowest BCUT2D eigenvalue weighted by molar-refractivity contribution is -0.150. The van der Waals surface area contributed by atoms with Crippen LogP contribution in [0.15, 0.2) is 42.0 Å². The highest BCUT2D eigenvalue weighted by Crippen LogP contribution is 2.71. The van der Waals surface area contributed by atoms with E-state index in [4.69, 9.17) is 4.74 Å². The van der Waals surface area contributed by atoms with Gasteiger partial charge >= 0.3 is 5.97 Å². The summed E-state index contributed by atoms with van der Waals surface area (Å²) in [5.74, 6) is 1.38. The van der Waals surface area contributed by atoms with Gasteiger partial charge in [-0.3, -0.25) is 9.59 Å². The first-order valence-electron chi connectivity index (χ1n) is 12.9. The van der Waals surface area contributed by atoms with Gasteiger partial charge in [0.1, 0.15) is 6.10 Å². The average molecular weight is 450 g/mol. The van der Waals surface area contributed by atoms with Crippen molar-refractivity contribution in [3.63, 3.8) is 0 Å². The quantitative estimate of drug-likeness (QED) is 0.422. The fourth-order valence-electron chi connectivity index (χ4n) is 8.52. The smallest absolute Gasteiger partial charge is 0.302 e. The Morgan fingerprint density at radius 3 is 2.39 bits per heavy atom. The maximum atomic E-state index is 13.4. The van der Waals surface area contributed by atoms with Crippen LogP contribution < -0.4 is 5.32 Å². The van der Waals surface area contributed by atoms with Crippen LogP contribution in [0.2, 0.25) is 0 Å². The van der Waals surface area contributed by atoms with Gasteiger partial charge in [0.05, 0.1) is 0 Å². The molecule has 4 aliphatic carbocycles. The molecule has 0 bridgehead atoms. The standard InChI is InChI=1S/C29H39NO3/c1-19(31)33-22-12-15-27(2)20(18-22)10-11-24-23(27)13-16-29(4)25(14-17-28(24,29)3)26(32)30-21-8-6-5-7-9-21/h5-10,22-25H,11-18H2,1-4H3,(H,30,32)/t22-,23+,24-,25-,27-,28+,29-/m0/s1. The summed E-state index contributed by atoms with van der Waals surface area (Å²) in [5.41, 5.74) is 2.82. The Kier molecular flexibility index (Phi) is 5.49. The summed E-state index contributed by atoms with van der Waals surface area (Å²) in [6.45, 7) is 8.89. The zero-order valence-electron chi connectivity index (χ0n) is 20.7. The molecule has 0 radical (unpaired) electrons. The van der Waals surface area contributed by atoms with Crippen molar-refractivity contribution in [3.8, 4) is 0 Å². The third kappa shape index (κ3) is 3.47. The normalized spacial score (nSPS) is 41.8. The third-order valence-corrected chi connectivity index (χ3v) is 10.6. The summed E-state index contributed by atoms with van der Waals surface area (Å²) in [5, 5.41) is 3.21. The molecule has 0 aliphatic heterocycles. The summed E-state index contributed by atoms with van der Waals surface area (Å²) in [4.78, 5) is 24.9. The maximum Gasteiger partial charge on any atom is 0.302 e. The van der Waals surface area contributed by atoms with Crippen LogP contribution >= 0.6 is 0 Å². The molecule has 4 aliphatic rings. The average Bonchev–Trinajstić information content (AvgIpc) is 3.06. The number of allylic oxidation sites excluding steroid dienone is 1. The molecule has 178 valence electrons. The topological polar surface area (TPSA) is 55.4 Å². The summed E-state index contributed by atoms with van der Waals surface area (Å²) in [6, 6.07) is 9.89. The molecule has 0 spiro atoms. The van der Waals surface area contributed by atoms with Crippen LogP contribution in [-0.4, -0.2) is 18.0 Å². The lowest BCUT2D eigenvalue weighted by Crippen LogP contribution is -2.56. The van der Waals surface area contributed by atoms with Gasteiger partial charge in [0, 0.05) is 24.9 Å². The molecule has 1 aromatic carbocycles. The second-order valence-corrected chi connectivity index (χ2v) is 11.9. The van der Waals surface area contributed by atoms with Crippen LogP contribution in [0, 0.1) is 34.0 Å². The molecule has 0 unspecified atom stereocenters. The molecule has 7 atom stereocenters. The molecule has 1 aromatic rings. The predicted molar refractivity (Wildman–Crippen MR) is 130 cm³/mol. The van der Waals surface area contributed by atoms with Crippen LogP contribution in [-0.2, 0) is 14.3 Å². The second kappa shape index (κ2) is 7.99. The molecule has 33 heavy (non-hydrogen) atoms. The Bertz CT molecular complexity index is 970. The van der Waals surface area contributed by atoms with Gasteiger partial charge in [-0.15, -0.1) is 0 Å². The summed E-state index contributed by atoms with van der Waals surface area (Å²) >= 11 is 0. The minimum absolute atomic E-state index is 0.0314. The number of anilines is 1. The molecule has 4 nitrogen and oxygen atoms in total. The maximum absolute atomic E-state index is 13.4. The molecule has 1 amide bonds. The van der Waals surface area contributed by atoms with Crippen molar-refractivity contribution >= 4 is 17.6 Å². The van der Waals surface area contributed by atoms with Gasteiger partial charge in [0.2, 0.25) is 5.91 Å². The molecule has 5 rings (SSSR count). The number of amides is 1. The summed E-state index contributed by atoms with van der Waals surface area (Å²) in [6.07, 6.45) is 11.0. The van der Waals surface area contributed by atoms with Crippen molar-refractivity contribution in [2.24, 2.45) is 34.0 Å². The van der Waals surface area contributed by atoms with Crippen molar-refractivity contribution in [3.05, 3.63) is 42.0 Å². The van der Waals surface area contributed by atoms with Gasteiger partial charge in [-0.2, -0.15) is 0 Å². The Morgan fingerprint density at radius 2 is 1.67 bits per heavy atom. The zero-order chi connectivity index (χ0) is 23.4. The van der Waals surface area contributed by atoms with Gasteiger partial charge in [0.25, 0.3) is 0 Å². The number of carbonyl (C=O) groups is 2. The molecule has 3 fully saturated rings. The molecular formula is C29H39NO3. The Morgan fingerprint density at radius 1 is 0.939 bits per heavy atom. The SMILES string of the molecule is CC(=O)O[C@H]1CC[C@@]2(C)C(=CC[C@H]3[C@H]2CC[C@@]2(C)[C@H](C(=O)Nc4ccccc4)CC[C@]32C)C1. The van der Waals surface area contributed by atoms with Crippen molar-refractivity contribution in [2.75, 3.05) is 5.32 Å². The highest BCUT2D eigenvalue weighted by molar-refractivity contribution is 5.93. The number of esters is 1. The van der Waals surface area contributed by atoms with Crippen LogP contribution in [0.5, 0.6) is 0 Å². The van der Waals surface area contributed by atoms with Gasteiger partial charge in [-0.05, 0) is 85.2 Å². The van der Waals surface area contributed by atoms with E-state index in [1.165, 1.54) is 18.9 Å². The zero-order valence-corrected chi connectivity index (χ0v) is 20.7. The van der Waals surface area contributed by atoms with Gasteiger partial charge in [-0.1, -0.05) is 50.6 Å². The molecule has 4 heteroatoms. The molecule has 1 N–H and O–H groups in total. The lowest BCUT2D eigenvalue weighted by atomic mass is 9.42. The fraction of sp³-hybridized carbons (Fsp3) is 0.655. The van der Waals surface area contributed by atoms with Crippen molar-refractivity contribution in [1.29, 1.82) is 0 Å². The first-order valence-corrected chi connectivity index (χ1v) is 12.9. The lowest BCUT2D eigenvalue weighted by Gasteiger charge is -2.62. The number of para-hydroxylation sites is 1. The van der Waals surface area contributed by atoms with E-state index in [0.717, 1.165) is 50.6 Å². The van der Waals surface area contributed by atoms with E-state index in [1.807, 2.05) is 30.3 Å². The highest BCUT2D eigenvalue weighted by Gasteiger charge is 2.65. The van der Waals surface area contributed by atoms with Crippen molar-refractivity contribution in [2.45, 2.75) is 85.2 Å². The van der Waals surface area contributed by atoms with Crippen LogP contribution in [0.1, 0.15) is 79.1 Å². The number of hydrogen-bond acceptors (Lipinski definition) is 3. The predicted octanol–water partition coefficient (Wildman–Crippen LogP) is 6.53. The first kappa shape index (κ1) is 22.7. The molecule has 0 aromatic heterocycles. The monoisotopic (exact) mass is 449 g/mol. The van der Waals surface area contributed by atoms with E-state index in [-0.39, 0.29) is 40.1 Å². The minimum atomic E-state index is -0.162. The molecule has 3 saturated carbocycles. The molecule has 0 saturated heterocycles. The van der Waals surface area contributed by atoms with Crippen LogP contribution in [0.3, 0.4) is 0 Å². The van der Waals surface area contributed by atoms with E-state index in [1.54, 1.807) is 0 Å². The number of rotatable bonds is 3. The summed E-state index contributed by atoms with van der Waals surface area (Å²) in [7, 11) is 0. The largest absolute Gasteiger partial charge is 0.462 e. The van der Waals surface area contributed by atoms with Crippen LogP contribution in [0.4, 0.5) is 5.69 Å². The van der Waals surface area contributed by atoms with E-state index in [2.05, 4.69) is 32.2 Å². The first-order chi connectivity index (χ1) is 15.7. The van der Waals surface area contributed by atoms with E-state index >= 15 is 0 Å². The number of fused-ring (bicyclic) bond motifs is 5. The third-order valence-electron chi connectivity index (χ3n) is 10.6. The van der Waals surface area contributed by atoms with E-state index < -0.39 is 0 Å². The van der Waals surface area contributed by atoms with Crippen LogP contribution in [0.25, 0.3) is 0 Å². The Labute approximate surface area is 198 Å². The molecular weight excluding hydrogens is 410 g/mol. The second-order valence-electron chi connectivity index (χ2n) is 11.9. The van der Waals surface area contributed by atoms with E-state index in [9.17, 15) is 9.59 Å². The highest BCUT2D eigenvalue weighted by atomic mass is 16.5. The van der Waals surface area contributed by atoms with Gasteiger partial charge < -0.3 is 10.1 Å². The summed E-state index contributed by atoms with van der Waals surface area (Å²) < 4.78 is 5.59. The van der Waals surface area contributed by atoms with Crippen molar-refractivity contribution in [1.82, 2.24) is 0 Å². The van der Waals surface area contributed by atoms with Gasteiger partial charge in [-0.25, -0.2) is 0 Å². The number of benzene rings is 1. The number of hydrogen-bond donors (Lipinski definition) is 1. The van der Waals surface area contributed by atoms with Crippen molar-refractivity contribution < 1.29 is 14.3 Å². The van der Waals surface area contributed by atoms with E-state index in [0.29, 0.717) is 11.8 Å². The number of ether oxygens (including phenoxy) is 1. The number of nitrogens with one attached hydrogen (secondary N) is 1.